The predicted octanol–water partition coefficient (Wildman–Crippen LogP) is 4.59. The highest BCUT2D eigenvalue weighted by Crippen LogP contribution is 2.26. The number of carbonyl (C=O) groups is 1. The van der Waals surface area contributed by atoms with Crippen LogP contribution in [0.3, 0.4) is 0 Å². The first-order valence-electron chi connectivity index (χ1n) is 6.64. The lowest BCUT2D eigenvalue weighted by molar-refractivity contribution is 0.0812. The van der Waals surface area contributed by atoms with Gasteiger partial charge >= 0.3 is 0 Å². The fourth-order valence-corrected chi connectivity index (χ4v) is 3.20. The van der Waals surface area contributed by atoms with Crippen molar-refractivity contribution in [1.82, 2.24) is 4.90 Å². The van der Waals surface area contributed by atoms with E-state index in [1.54, 1.807) is 12.1 Å². The number of halogens is 1. The molecule has 0 N–H and O–H groups in total. The first-order chi connectivity index (χ1) is 10.5. The number of nitriles is 1. The van der Waals surface area contributed by atoms with Gasteiger partial charge in [-0.25, -0.2) is 0 Å². The number of carbonyl (C=O) groups excluding carboxylic acids is 1. The predicted molar refractivity (Wildman–Crippen MR) is 89.8 cm³/mol. The van der Waals surface area contributed by atoms with E-state index in [-0.39, 0.29) is 17.6 Å². The number of thiophene rings is 1. The third kappa shape index (κ3) is 3.22. The van der Waals surface area contributed by atoms with Gasteiger partial charge in [-0.15, -0.1) is 11.3 Å². The number of nitrogens with zero attached hydrogens (tertiary/aromatic N) is 2. The van der Waals surface area contributed by atoms with Crippen molar-refractivity contribution >= 4 is 28.8 Å². The van der Waals surface area contributed by atoms with Gasteiger partial charge in [-0.05, 0) is 42.0 Å². The van der Waals surface area contributed by atoms with Crippen LogP contribution in [-0.4, -0.2) is 10.8 Å². The van der Waals surface area contributed by atoms with Crippen molar-refractivity contribution in [3.05, 3.63) is 68.5 Å². The fourth-order valence-electron chi connectivity index (χ4n) is 2.04. The average Bonchev–Trinajstić information content (AvgIpc) is 2.84. The maximum Gasteiger partial charge on any atom is 0.269 e. The van der Waals surface area contributed by atoms with Crippen molar-refractivity contribution in [1.29, 1.82) is 5.26 Å². The fraction of sp³-hybridized carbons (Fsp3) is 0.176. The maximum absolute atomic E-state index is 12.7. The molecule has 1 amide bonds. The van der Waals surface area contributed by atoms with Crippen LogP contribution in [0.5, 0.6) is 0 Å². The molecule has 1 heterocycles. The highest BCUT2D eigenvalue weighted by molar-refractivity contribution is 7.12. The van der Waals surface area contributed by atoms with E-state index in [4.69, 9.17) is 16.9 Å². The number of hydrogen-bond acceptors (Lipinski definition) is 3. The van der Waals surface area contributed by atoms with Gasteiger partial charge in [0.05, 0.1) is 23.1 Å². The molecular weight excluding hydrogens is 316 g/mol. The molecule has 0 bridgehead atoms. The topological polar surface area (TPSA) is 44.1 Å². The number of amides is 1. The molecular formula is C17H15ClN2OS. The quantitative estimate of drug-likeness (QED) is 0.769. The zero-order valence-electron chi connectivity index (χ0n) is 12.4. The summed E-state index contributed by atoms with van der Waals surface area (Å²) in [4.78, 5) is 14.8. The lowest BCUT2D eigenvalue weighted by Gasteiger charge is -2.21. The largest absolute Gasteiger partial charge is 0.294 e. The molecule has 0 aliphatic heterocycles. The summed E-state index contributed by atoms with van der Waals surface area (Å²) in [7, 11) is 0. The van der Waals surface area contributed by atoms with Crippen LogP contribution in [0.2, 0.25) is 0 Å². The van der Waals surface area contributed by atoms with E-state index in [0.29, 0.717) is 10.4 Å². The van der Waals surface area contributed by atoms with Gasteiger partial charge in [-0.2, -0.15) is 5.26 Å². The third-order valence-corrected chi connectivity index (χ3v) is 4.88. The Labute approximate surface area is 139 Å². The number of rotatable bonds is 4. The Hall–Kier alpha value is -2.09. The zero-order chi connectivity index (χ0) is 16.3. The normalized spacial score (nSPS) is 10.1. The molecule has 0 radical (unpaired) electrons. The second kappa shape index (κ2) is 6.78. The summed E-state index contributed by atoms with van der Waals surface area (Å²) in [5.74, 6) is -0.191. The summed E-state index contributed by atoms with van der Waals surface area (Å²) < 4.78 is 0. The van der Waals surface area contributed by atoms with Gasteiger partial charge < -0.3 is 0 Å². The van der Waals surface area contributed by atoms with Crippen LogP contribution in [0.25, 0.3) is 0 Å². The van der Waals surface area contributed by atoms with Crippen LogP contribution in [-0.2, 0) is 6.54 Å². The second-order valence-corrected chi connectivity index (χ2v) is 6.23. The summed E-state index contributed by atoms with van der Waals surface area (Å²) in [6, 6.07) is 9.27. The maximum atomic E-state index is 12.7. The number of hydrogen-bond donors (Lipinski definition) is 0. The lowest BCUT2D eigenvalue weighted by Crippen LogP contribution is -2.28. The van der Waals surface area contributed by atoms with E-state index in [1.807, 2.05) is 31.4 Å². The molecule has 1 aromatic carbocycles. The highest BCUT2D eigenvalue weighted by atomic mass is 35.5. The monoisotopic (exact) mass is 330 g/mol. The van der Waals surface area contributed by atoms with Crippen LogP contribution < -0.4 is 0 Å². The number of benzene rings is 1. The van der Waals surface area contributed by atoms with E-state index in [1.165, 1.54) is 16.2 Å². The van der Waals surface area contributed by atoms with Gasteiger partial charge in [0.1, 0.15) is 5.16 Å². The molecule has 0 saturated heterocycles. The average molecular weight is 331 g/mol. The van der Waals surface area contributed by atoms with Crippen molar-refractivity contribution < 1.29 is 4.79 Å². The molecule has 3 nitrogen and oxygen atoms in total. The van der Waals surface area contributed by atoms with Crippen LogP contribution in [0.15, 0.2) is 41.4 Å². The van der Waals surface area contributed by atoms with Crippen LogP contribution >= 0.6 is 22.9 Å². The molecule has 1 aromatic heterocycles. The first kappa shape index (κ1) is 16.3. The van der Waals surface area contributed by atoms with Crippen LogP contribution in [0, 0.1) is 25.2 Å². The minimum Gasteiger partial charge on any atom is -0.294 e. The standard InChI is InChI=1S/C17H15ClN2OS/c1-11-10-22-16(12(11)2)17(21)20(13(3)18)9-15-7-5-4-6-14(15)8-19/h4-7,10H,3,9H2,1-2H3. The minimum atomic E-state index is -0.191. The Balaban J connectivity index is 2.35. The molecule has 2 aromatic rings. The smallest absolute Gasteiger partial charge is 0.269 e. The SMILES string of the molecule is C=C(Cl)N(Cc1ccccc1C#N)C(=O)c1scc(C)c1C. The van der Waals surface area contributed by atoms with Crippen molar-refractivity contribution in [2.45, 2.75) is 20.4 Å². The summed E-state index contributed by atoms with van der Waals surface area (Å²) in [5, 5.41) is 11.3. The molecule has 112 valence electrons. The van der Waals surface area contributed by atoms with Crippen molar-refractivity contribution in [2.24, 2.45) is 0 Å². The molecule has 0 aliphatic rings. The van der Waals surface area contributed by atoms with E-state index in [2.05, 4.69) is 12.6 Å². The Morgan fingerprint density at radius 1 is 1.41 bits per heavy atom. The number of aryl methyl sites for hydroxylation is 1. The Bertz CT molecular complexity index is 773. The molecule has 2 rings (SSSR count). The molecule has 0 atom stereocenters. The van der Waals surface area contributed by atoms with Gasteiger partial charge in [0.2, 0.25) is 0 Å². The lowest BCUT2D eigenvalue weighted by atomic mass is 10.1. The van der Waals surface area contributed by atoms with Gasteiger partial charge in [-0.3, -0.25) is 9.69 Å². The zero-order valence-corrected chi connectivity index (χ0v) is 14.0. The Morgan fingerprint density at radius 3 is 2.64 bits per heavy atom. The van der Waals surface area contributed by atoms with Gasteiger partial charge in [-0.1, -0.05) is 36.4 Å². The summed E-state index contributed by atoms with van der Waals surface area (Å²) in [5.41, 5.74) is 3.29. The minimum absolute atomic E-state index is 0.142. The van der Waals surface area contributed by atoms with Crippen molar-refractivity contribution in [2.75, 3.05) is 0 Å². The first-order valence-corrected chi connectivity index (χ1v) is 7.90. The molecule has 5 heteroatoms. The van der Waals surface area contributed by atoms with Crippen molar-refractivity contribution in [3.8, 4) is 6.07 Å². The molecule has 0 unspecified atom stereocenters. The summed E-state index contributed by atoms with van der Waals surface area (Å²) in [6.45, 7) is 7.79. The summed E-state index contributed by atoms with van der Waals surface area (Å²) in [6.07, 6.45) is 0. The molecule has 0 spiro atoms. The van der Waals surface area contributed by atoms with Crippen LogP contribution in [0.1, 0.15) is 31.9 Å². The van der Waals surface area contributed by atoms with Gasteiger partial charge in [0.15, 0.2) is 0 Å². The summed E-state index contributed by atoms with van der Waals surface area (Å²) >= 11 is 7.42. The molecule has 22 heavy (non-hydrogen) atoms. The highest BCUT2D eigenvalue weighted by Gasteiger charge is 2.22. The second-order valence-electron chi connectivity index (χ2n) is 4.91. The molecule has 0 aliphatic carbocycles. The van der Waals surface area contributed by atoms with E-state index < -0.39 is 0 Å². The molecule has 0 saturated carbocycles. The van der Waals surface area contributed by atoms with Crippen molar-refractivity contribution in [3.63, 3.8) is 0 Å². The van der Waals surface area contributed by atoms with Crippen LogP contribution in [0.4, 0.5) is 0 Å². The van der Waals surface area contributed by atoms with E-state index >= 15 is 0 Å². The van der Waals surface area contributed by atoms with E-state index in [9.17, 15) is 4.79 Å². The van der Waals surface area contributed by atoms with E-state index in [0.717, 1.165) is 16.7 Å². The van der Waals surface area contributed by atoms with Gasteiger partial charge in [0.25, 0.3) is 5.91 Å². The van der Waals surface area contributed by atoms with Gasteiger partial charge in [0, 0.05) is 0 Å². The Morgan fingerprint density at radius 2 is 2.09 bits per heavy atom. The Kier molecular flexibility index (Phi) is 5.02. The molecule has 0 fully saturated rings. The third-order valence-electron chi connectivity index (χ3n) is 3.48.